The standard InChI is InChI=1S/C15H11ClFN3O/c1-20(14-5-2-9(8-18)6-13(14)17)15(21)11-7-10(19)3-4-12(11)16/h2-7H,19H2,1H3. The number of nitriles is 1. The third-order valence-corrected chi connectivity index (χ3v) is 3.29. The molecule has 106 valence electrons. The summed E-state index contributed by atoms with van der Waals surface area (Å²) in [4.78, 5) is 13.5. The van der Waals surface area contributed by atoms with Gasteiger partial charge >= 0.3 is 0 Å². The van der Waals surface area contributed by atoms with Gasteiger partial charge in [0.05, 0.1) is 27.9 Å². The number of hydrogen-bond donors (Lipinski definition) is 1. The molecule has 0 spiro atoms. The van der Waals surface area contributed by atoms with Gasteiger partial charge in [-0.05, 0) is 36.4 Å². The van der Waals surface area contributed by atoms with E-state index in [0.29, 0.717) is 5.69 Å². The SMILES string of the molecule is CN(C(=O)c1cc(N)ccc1Cl)c1ccc(C#N)cc1F. The van der Waals surface area contributed by atoms with Crippen LogP contribution < -0.4 is 10.6 Å². The maximum absolute atomic E-state index is 13.9. The van der Waals surface area contributed by atoms with E-state index in [-0.39, 0.29) is 21.8 Å². The summed E-state index contributed by atoms with van der Waals surface area (Å²) < 4.78 is 13.9. The van der Waals surface area contributed by atoms with Crippen molar-refractivity contribution in [1.82, 2.24) is 0 Å². The van der Waals surface area contributed by atoms with E-state index in [4.69, 9.17) is 22.6 Å². The van der Waals surface area contributed by atoms with Crippen molar-refractivity contribution in [2.45, 2.75) is 0 Å². The van der Waals surface area contributed by atoms with Crippen LogP contribution in [0.1, 0.15) is 15.9 Å². The van der Waals surface area contributed by atoms with Gasteiger partial charge in [0.25, 0.3) is 5.91 Å². The Labute approximate surface area is 126 Å². The van der Waals surface area contributed by atoms with Crippen molar-refractivity contribution in [3.05, 3.63) is 58.4 Å². The molecule has 21 heavy (non-hydrogen) atoms. The number of halogens is 2. The van der Waals surface area contributed by atoms with Crippen LogP contribution in [0, 0.1) is 17.1 Å². The summed E-state index contributed by atoms with van der Waals surface area (Å²) in [5.41, 5.74) is 6.43. The largest absolute Gasteiger partial charge is 0.399 e. The van der Waals surface area contributed by atoms with E-state index in [1.54, 1.807) is 6.07 Å². The van der Waals surface area contributed by atoms with Gasteiger partial charge in [0.15, 0.2) is 0 Å². The van der Waals surface area contributed by atoms with E-state index < -0.39 is 11.7 Å². The first-order valence-corrected chi connectivity index (χ1v) is 6.34. The van der Waals surface area contributed by atoms with Crippen LogP contribution in [0.5, 0.6) is 0 Å². The predicted octanol–water partition coefficient (Wildman–Crippen LogP) is 3.21. The Kier molecular flexibility index (Phi) is 4.10. The summed E-state index contributed by atoms with van der Waals surface area (Å²) >= 11 is 5.97. The van der Waals surface area contributed by atoms with Gasteiger partial charge in [0.1, 0.15) is 5.82 Å². The maximum Gasteiger partial charge on any atom is 0.259 e. The molecule has 0 aromatic heterocycles. The molecule has 2 rings (SSSR count). The van der Waals surface area contributed by atoms with Gasteiger partial charge in [-0.2, -0.15) is 5.26 Å². The molecule has 2 N–H and O–H groups in total. The Hall–Kier alpha value is -2.58. The Morgan fingerprint density at radius 3 is 2.67 bits per heavy atom. The van der Waals surface area contributed by atoms with Gasteiger partial charge in [-0.1, -0.05) is 11.6 Å². The van der Waals surface area contributed by atoms with Gasteiger partial charge in [-0.25, -0.2) is 4.39 Å². The molecule has 0 atom stereocenters. The highest BCUT2D eigenvalue weighted by Crippen LogP contribution is 2.25. The van der Waals surface area contributed by atoms with Crippen LogP contribution in [0.2, 0.25) is 5.02 Å². The molecular weight excluding hydrogens is 293 g/mol. The number of carbonyl (C=O) groups excluding carboxylic acids is 1. The topological polar surface area (TPSA) is 70.1 Å². The molecule has 0 saturated heterocycles. The molecule has 2 aromatic carbocycles. The van der Waals surface area contributed by atoms with Gasteiger partial charge in [0.2, 0.25) is 0 Å². The summed E-state index contributed by atoms with van der Waals surface area (Å²) in [7, 11) is 1.42. The smallest absolute Gasteiger partial charge is 0.259 e. The molecule has 0 radical (unpaired) electrons. The number of nitrogens with two attached hydrogens (primary N) is 1. The lowest BCUT2D eigenvalue weighted by Gasteiger charge is -2.19. The average Bonchev–Trinajstić information content (AvgIpc) is 2.48. The molecule has 2 aromatic rings. The van der Waals surface area contributed by atoms with Gasteiger partial charge in [-0.3, -0.25) is 4.79 Å². The summed E-state index contributed by atoms with van der Waals surface area (Å²) in [5, 5.41) is 8.95. The lowest BCUT2D eigenvalue weighted by atomic mass is 10.1. The Balaban J connectivity index is 2.40. The zero-order valence-electron chi connectivity index (χ0n) is 11.1. The Bertz CT molecular complexity index is 755. The van der Waals surface area contributed by atoms with Crippen LogP contribution in [0.25, 0.3) is 0 Å². The minimum atomic E-state index is -0.662. The molecule has 0 bridgehead atoms. The fraction of sp³-hybridized carbons (Fsp3) is 0.0667. The second kappa shape index (κ2) is 5.81. The zero-order chi connectivity index (χ0) is 15.6. The van der Waals surface area contributed by atoms with Crippen molar-refractivity contribution >= 4 is 28.9 Å². The number of rotatable bonds is 2. The molecule has 0 aliphatic rings. The molecule has 6 heteroatoms. The van der Waals surface area contributed by atoms with Crippen LogP contribution in [0.15, 0.2) is 36.4 Å². The molecule has 1 amide bonds. The molecule has 0 unspecified atom stereocenters. The fourth-order valence-electron chi connectivity index (χ4n) is 1.85. The third-order valence-electron chi connectivity index (χ3n) is 2.96. The number of amides is 1. The van der Waals surface area contributed by atoms with E-state index in [9.17, 15) is 9.18 Å². The quantitative estimate of drug-likeness (QED) is 0.866. The lowest BCUT2D eigenvalue weighted by Crippen LogP contribution is -2.27. The molecule has 0 aliphatic carbocycles. The number of carbonyl (C=O) groups is 1. The maximum atomic E-state index is 13.9. The van der Waals surface area contributed by atoms with Crippen molar-refractivity contribution < 1.29 is 9.18 Å². The van der Waals surface area contributed by atoms with Crippen LogP contribution in [-0.4, -0.2) is 13.0 Å². The zero-order valence-corrected chi connectivity index (χ0v) is 11.9. The molecule has 0 fully saturated rings. The second-order valence-corrected chi connectivity index (χ2v) is 4.79. The summed E-state index contributed by atoms with van der Waals surface area (Å²) in [6, 6.07) is 10.2. The Morgan fingerprint density at radius 2 is 2.05 bits per heavy atom. The van der Waals surface area contributed by atoms with Crippen molar-refractivity contribution in [2.75, 3.05) is 17.7 Å². The molecule has 4 nitrogen and oxygen atoms in total. The first-order valence-electron chi connectivity index (χ1n) is 5.96. The first-order chi connectivity index (χ1) is 9.93. The van der Waals surface area contributed by atoms with Crippen molar-refractivity contribution in [3.8, 4) is 6.07 Å². The lowest BCUT2D eigenvalue weighted by molar-refractivity contribution is 0.0992. The number of anilines is 2. The Morgan fingerprint density at radius 1 is 1.33 bits per heavy atom. The van der Waals surface area contributed by atoms with Gasteiger partial charge < -0.3 is 10.6 Å². The number of benzene rings is 2. The minimum Gasteiger partial charge on any atom is -0.399 e. The number of hydrogen-bond acceptors (Lipinski definition) is 3. The first kappa shape index (κ1) is 14.8. The van der Waals surface area contributed by atoms with Crippen molar-refractivity contribution in [1.29, 1.82) is 5.26 Å². The predicted molar refractivity (Wildman–Crippen MR) is 79.7 cm³/mol. The van der Waals surface area contributed by atoms with Crippen molar-refractivity contribution in [3.63, 3.8) is 0 Å². The molecule has 0 aliphatic heterocycles. The number of nitrogen functional groups attached to an aromatic ring is 1. The van der Waals surface area contributed by atoms with E-state index in [0.717, 1.165) is 11.0 Å². The highest BCUT2D eigenvalue weighted by atomic mass is 35.5. The second-order valence-electron chi connectivity index (χ2n) is 4.38. The van der Waals surface area contributed by atoms with Crippen LogP contribution in [0.3, 0.4) is 0 Å². The van der Waals surface area contributed by atoms with Gasteiger partial charge in [0, 0.05) is 12.7 Å². The van der Waals surface area contributed by atoms with E-state index >= 15 is 0 Å². The van der Waals surface area contributed by atoms with Crippen LogP contribution >= 0.6 is 11.6 Å². The monoisotopic (exact) mass is 303 g/mol. The highest BCUT2D eigenvalue weighted by molar-refractivity contribution is 6.34. The average molecular weight is 304 g/mol. The minimum absolute atomic E-state index is 0.0532. The third kappa shape index (κ3) is 2.96. The normalized spacial score (nSPS) is 10.0. The molecular formula is C15H11ClFN3O. The van der Waals surface area contributed by atoms with Crippen molar-refractivity contribution in [2.24, 2.45) is 0 Å². The van der Waals surface area contributed by atoms with E-state index in [1.807, 2.05) is 6.07 Å². The van der Waals surface area contributed by atoms with E-state index in [1.165, 1.54) is 31.3 Å². The summed E-state index contributed by atoms with van der Waals surface area (Å²) in [6.45, 7) is 0. The number of nitrogens with zero attached hydrogens (tertiary/aromatic N) is 2. The van der Waals surface area contributed by atoms with Crippen LogP contribution in [0.4, 0.5) is 15.8 Å². The van der Waals surface area contributed by atoms with E-state index in [2.05, 4.69) is 0 Å². The van der Waals surface area contributed by atoms with Gasteiger partial charge in [-0.15, -0.1) is 0 Å². The fourth-order valence-corrected chi connectivity index (χ4v) is 2.04. The van der Waals surface area contributed by atoms with Crippen LogP contribution in [-0.2, 0) is 0 Å². The summed E-state index contributed by atoms with van der Waals surface area (Å²) in [6.07, 6.45) is 0. The summed E-state index contributed by atoms with van der Waals surface area (Å²) in [5.74, 6) is -1.15. The molecule has 0 heterocycles. The highest BCUT2D eigenvalue weighted by Gasteiger charge is 2.19. The molecule has 0 saturated carbocycles.